The molecule has 0 amide bonds. The first-order valence-electron chi connectivity index (χ1n) is 10.1. The van der Waals surface area contributed by atoms with E-state index in [4.69, 9.17) is 15.8 Å². The lowest BCUT2D eigenvalue weighted by atomic mass is 9.76. The SMILES string of the molecule is Cl.N[C@@H](c1cccc(-c2nn(-c3cccc(CO)n3)c3ccccc23)n1)C1CC(O)C1. The Morgan fingerprint density at radius 2 is 1.77 bits per heavy atom. The van der Waals surface area contributed by atoms with Gasteiger partial charge in [-0.25, -0.2) is 14.6 Å². The Morgan fingerprint density at radius 1 is 1.00 bits per heavy atom. The molecule has 4 aromatic rings. The smallest absolute Gasteiger partial charge is 0.154 e. The number of fused-ring (bicyclic) bond motifs is 1. The fourth-order valence-electron chi connectivity index (χ4n) is 4.04. The van der Waals surface area contributed by atoms with E-state index >= 15 is 0 Å². The average molecular weight is 438 g/mol. The van der Waals surface area contributed by atoms with E-state index < -0.39 is 0 Å². The van der Waals surface area contributed by atoms with Crippen LogP contribution < -0.4 is 5.73 Å². The van der Waals surface area contributed by atoms with Crippen molar-refractivity contribution >= 4 is 23.3 Å². The molecule has 5 rings (SSSR count). The van der Waals surface area contributed by atoms with Crippen LogP contribution in [0.5, 0.6) is 0 Å². The molecule has 1 atom stereocenters. The molecule has 0 spiro atoms. The lowest BCUT2D eigenvalue weighted by Crippen LogP contribution is -2.36. The third-order valence-electron chi connectivity index (χ3n) is 5.77. The van der Waals surface area contributed by atoms with E-state index in [1.165, 1.54) is 0 Å². The van der Waals surface area contributed by atoms with Gasteiger partial charge in [-0.15, -0.1) is 12.4 Å². The van der Waals surface area contributed by atoms with E-state index in [2.05, 4.69) is 4.98 Å². The number of nitrogens with two attached hydrogens (primary N) is 1. The summed E-state index contributed by atoms with van der Waals surface area (Å²) >= 11 is 0. The van der Waals surface area contributed by atoms with Crippen LogP contribution in [0.25, 0.3) is 28.1 Å². The molecule has 0 radical (unpaired) electrons. The number of benzene rings is 1. The van der Waals surface area contributed by atoms with Gasteiger partial charge in [0.25, 0.3) is 0 Å². The summed E-state index contributed by atoms with van der Waals surface area (Å²) < 4.78 is 1.78. The largest absolute Gasteiger partial charge is 0.393 e. The van der Waals surface area contributed by atoms with Crippen molar-refractivity contribution in [2.24, 2.45) is 11.7 Å². The van der Waals surface area contributed by atoms with Gasteiger partial charge in [-0.05, 0) is 49.1 Å². The Labute approximate surface area is 186 Å². The van der Waals surface area contributed by atoms with Crippen molar-refractivity contribution in [3.05, 3.63) is 72.1 Å². The number of hydrogen-bond acceptors (Lipinski definition) is 6. The predicted octanol–water partition coefficient (Wildman–Crippen LogP) is 3.17. The maximum atomic E-state index is 9.60. The molecule has 1 aliphatic rings. The number of pyridine rings is 2. The van der Waals surface area contributed by atoms with Gasteiger partial charge in [0.05, 0.1) is 41.4 Å². The quantitative estimate of drug-likeness (QED) is 0.442. The normalized spacial score (nSPS) is 18.9. The van der Waals surface area contributed by atoms with Crippen molar-refractivity contribution in [1.29, 1.82) is 0 Å². The molecule has 1 aliphatic carbocycles. The first-order chi connectivity index (χ1) is 14.6. The van der Waals surface area contributed by atoms with Crippen LogP contribution in [0.2, 0.25) is 0 Å². The number of aliphatic hydroxyl groups is 2. The molecular weight excluding hydrogens is 414 g/mol. The summed E-state index contributed by atoms with van der Waals surface area (Å²) in [5.41, 5.74) is 10.2. The van der Waals surface area contributed by atoms with Gasteiger partial charge in [0.15, 0.2) is 5.82 Å². The monoisotopic (exact) mass is 437 g/mol. The third kappa shape index (κ3) is 3.93. The molecule has 31 heavy (non-hydrogen) atoms. The fraction of sp³-hybridized carbons (Fsp3) is 0.261. The van der Waals surface area contributed by atoms with Gasteiger partial charge in [0, 0.05) is 5.39 Å². The summed E-state index contributed by atoms with van der Waals surface area (Å²) in [7, 11) is 0. The number of aromatic nitrogens is 4. The molecule has 1 saturated carbocycles. The summed E-state index contributed by atoms with van der Waals surface area (Å²) in [6.07, 6.45) is 1.20. The Kier molecular flexibility index (Phi) is 6.02. The second kappa shape index (κ2) is 8.72. The van der Waals surface area contributed by atoms with E-state index in [-0.39, 0.29) is 37.1 Å². The first kappa shape index (κ1) is 21.4. The zero-order valence-electron chi connectivity index (χ0n) is 16.8. The summed E-state index contributed by atoms with van der Waals surface area (Å²) in [5, 5.41) is 24.8. The predicted molar refractivity (Wildman–Crippen MR) is 121 cm³/mol. The summed E-state index contributed by atoms with van der Waals surface area (Å²) in [6.45, 7) is -0.128. The van der Waals surface area contributed by atoms with Gasteiger partial charge >= 0.3 is 0 Å². The van der Waals surface area contributed by atoms with Gasteiger partial charge in [0.1, 0.15) is 5.69 Å². The molecule has 160 valence electrons. The minimum absolute atomic E-state index is 0. The molecule has 8 heteroatoms. The van der Waals surface area contributed by atoms with Gasteiger partial charge in [-0.3, -0.25) is 0 Å². The molecule has 0 aliphatic heterocycles. The number of rotatable bonds is 5. The van der Waals surface area contributed by atoms with Gasteiger partial charge in [-0.1, -0.05) is 30.3 Å². The molecule has 0 unspecified atom stereocenters. The highest BCUT2D eigenvalue weighted by molar-refractivity contribution is 5.93. The van der Waals surface area contributed by atoms with Gasteiger partial charge < -0.3 is 15.9 Å². The minimum atomic E-state index is -0.244. The fourth-order valence-corrected chi connectivity index (χ4v) is 4.04. The minimum Gasteiger partial charge on any atom is -0.393 e. The Hall–Kier alpha value is -2.84. The van der Waals surface area contributed by atoms with Crippen LogP contribution in [0.1, 0.15) is 30.3 Å². The van der Waals surface area contributed by atoms with E-state index in [0.29, 0.717) is 11.5 Å². The van der Waals surface area contributed by atoms with Crippen molar-refractivity contribution in [3.8, 4) is 17.2 Å². The van der Waals surface area contributed by atoms with Crippen LogP contribution in [-0.2, 0) is 6.61 Å². The Bertz CT molecular complexity index is 1210. The number of hydrogen-bond donors (Lipinski definition) is 3. The first-order valence-corrected chi connectivity index (χ1v) is 10.1. The molecule has 7 nitrogen and oxygen atoms in total. The Morgan fingerprint density at radius 3 is 2.55 bits per heavy atom. The van der Waals surface area contributed by atoms with E-state index in [1.54, 1.807) is 10.7 Å². The van der Waals surface area contributed by atoms with E-state index in [1.807, 2.05) is 54.6 Å². The van der Waals surface area contributed by atoms with Crippen LogP contribution in [-0.4, -0.2) is 36.1 Å². The number of halogens is 1. The van der Waals surface area contributed by atoms with Crippen LogP contribution >= 0.6 is 12.4 Å². The van der Waals surface area contributed by atoms with Gasteiger partial charge in [0.2, 0.25) is 0 Å². The van der Waals surface area contributed by atoms with E-state index in [0.717, 1.165) is 40.8 Å². The molecule has 0 bridgehead atoms. The average Bonchev–Trinajstić information content (AvgIpc) is 3.16. The van der Waals surface area contributed by atoms with Crippen molar-refractivity contribution in [2.75, 3.05) is 0 Å². The number of nitrogens with zero attached hydrogens (tertiary/aromatic N) is 4. The molecule has 4 N–H and O–H groups in total. The van der Waals surface area contributed by atoms with Gasteiger partial charge in [-0.2, -0.15) is 5.10 Å². The number of para-hydroxylation sites is 1. The lowest BCUT2D eigenvalue weighted by molar-refractivity contribution is 0.0302. The molecular formula is C23H24ClN5O2. The van der Waals surface area contributed by atoms with Crippen LogP contribution in [0.4, 0.5) is 0 Å². The highest BCUT2D eigenvalue weighted by Gasteiger charge is 2.33. The summed E-state index contributed by atoms with van der Waals surface area (Å²) in [6, 6.07) is 19.1. The molecule has 1 fully saturated rings. The summed E-state index contributed by atoms with van der Waals surface area (Å²) in [5.74, 6) is 0.891. The third-order valence-corrected chi connectivity index (χ3v) is 5.77. The maximum Gasteiger partial charge on any atom is 0.154 e. The van der Waals surface area contributed by atoms with Crippen LogP contribution in [0, 0.1) is 5.92 Å². The van der Waals surface area contributed by atoms with Crippen molar-refractivity contribution in [1.82, 2.24) is 19.7 Å². The van der Waals surface area contributed by atoms with E-state index in [9.17, 15) is 10.2 Å². The zero-order valence-corrected chi connectivity index (χ0v) is 17.6. The lowest BCUT2D eigenvalue weighted by Gasteiger charge is -2.35. The van der Waals surface area contributed by atoms with Crippen LogP contribution in [0.3, 0.4) is 0 Å². The molecule has 3 aromatic heterocycles. The van der Waals surface area contributed by atoms with Crippen molar-refractivity contribution in [3.63, 3.8) is 0 Å². The molecule has 1 aromatic carbocycles. The number of aliphatic hydroxyl groups excluding tert-OH is 2. The second-order valence-corrected chi connectivity index (χ2v) is 7.78. The summed E-state index contributed by atoms with van der Waals surface area (Å²) in [4.78, 5) is 9.32. The zero-order chi connectivity index (χ0) is 20.7. The van der Waals surface area contributed by atoms with Crippen molar-refractivity contribution in [2.45, 2.75) is 31.6 Å². The van der Waals surface area contributed by atoms with Crippen molar-refractivity contribution < 1.29 is 10.2 Å². The highest BCUT2D eigenvalue weighted by Crippen LogP contribution is 2.37. The maximum absolute atomic E-state index is 9.60. The van der Waals surface area contributed by atoms with Crippen LogP contribution in [0.15, 0.2) is 60.7 Å². The second-order valence-electron chi connectivity index (χ2n) is 7.78. The standard InChI is InChI=1S/C23H23N5O2.ClH/c24-22(14-11-16(30)12-14)18-7-4-8-19(26-18)23-17-6-1-2-9-20(17)28(27-23)21-10-3-5-15(13-29)25-21;/h1-10,14,16,22,29-30H,11-13,24H2;1H/t14?,16?,22-;/m1./s1. The molecule has 0 saturated heterocycles. The molecule has 3 heterocycles. The highest BCUT2D eigenvalue weighted by atomic mass is 35.5. The topological polar surface area (TPSA) is 110 Å². The Balaban J connectivity index is 0.00000231.